The highest BCUT2D eigenvalue weighted by Crippen LogP contribution is 2.24. The summed E-state index contributed by atoms with van der Waals surface area (Å²) in [5.74, 6) is 0.330. The first-order valence-corrected chi connectivity index (χ1v) is 6.88. The fourth-order valence-electron chi connectivity index (χ4n) is 2.44. The Labute approximate surface area is 112 Å². The normalized spacial score (nSPS) is 24.6. The number of carbonyl (C=O) groups excluding carboxylic acids is 1. The van der Waals surface area contributed by atoms with Gasteiger partial charge < -0.3 is 4.90 Å². The Morgan fingerprint density at radius 3 is 2.47 bits per heavy atom. The van der Waals surface area contributed by atoms with Gasteiger partial charge >= 0.3 is 6.18 Å². The summed E-state index contributed by atoms with van der Waals surface area (Å²) < 4.78 is 36.4. The number of amides is 1. The molecule has 1 heterocycles. The summed E-state index contributed by atoms with van der Waals surface area (Å²) in [6.45, 7) is 6.17. The van der Waals surface area contributed by atoms with E-state index in [-0.39, 0.29) is 31.1 Å². The summed E-state index contributed by atoms with van der Waals surface area (Å²) in [4.78, 5) is 13.7. The van der Waals surface area contributed by atoms with Gasteiger partial charge in [-0.25, -0.2) is 0 Å². The summed E-state index contributed by atoms with van der Waals surface area (Å²) in [6, 6.07) is -0.240. The molecule has 0 spiro atoms. The van der Waals surface area contributed by atoms with Crippen molar-refractivity contribution >= 4 is 5.91 Å². The third kappa shape index (κ3) is 5.01. The summed E-state index contributed by atoms with van der Waals surface area (Å²) in [6.07, 6.45) is -3.68. The highest BCUT2D eigenvalue weighted by atomic mass is 19.4. The zero-order valence-electron chi connectivity index (χ0n) is 11.8. The highest BCUT2D eigenvalue weighted by Gasteiger charge is 2.38. The summed E-state index contributed by atoms with van der Waals surface area (Å²) in [7, 11) is 0. The molecule has 1 fully saturated rings. The van der Waals surface area contributed by atoms with Crippen molar-refractivity contribution in [1.82, 2.24) is 10.2 Å². The van der Waals surface area contributed by atoms with Crippen LogP contribution in [0, 0.1) is 5.92 Å². The van der Waals surface area contributed by atoms with Gasteiger partial charge in [-0.05, 0) is 25.2 Å². The van der Waals surface area contributed by atoms with Crippen LogP contribution in [0.3, 0.4) is 0 Å². The maximum Gasteiger partial charge on any atom is 0.389 e. The second-order valence-corrected chi connectivity index (χ2v) is 5.52. The predicted octanol–water partition coefficient (Wildman–Crippen LogP) is 2.91. The minimum absolute atomic E-state index is 0.0260. The Kier molecular flexibility index (Phi) is 5.64. The van der Waals surface area contributed by atoms with Crippen LogP contribution in [-0.4, -0.2) is 35.7 Å². The molecule has 6 heteroatoms. The van der Waals surface area contributed by atoms with Gasteiger partial charge in [-0.2, -0.15) is 13.2 Å². The van der Waals surface area contributed by atoms with Crippen molar-refractivity contribution in [1.29, 1.82) is 0 Å². The Morgan fingerprint density at radius 2 is 2.00 bits per heavy atom. The smallest absolute Gasteiger partial charge is 0.326 e. The molecule has 0 bridgehead atoms. The average molecular weight is 280 g/mol. The lowest BCUT2D eigenvalue weighted by Crippen LogP contribution is -2.37. The van der Waals surface area contributed by atoms with E-state index in [9.17, 15) is 18.0 Å². The van der Waals surface area contributed by atoms with E-state index in [1.165, 1.54) is 0 Å². The minimum atomic E-state index is -4.14. The first kappa shape index (κ1) is 16.3. The Balaban J connectivity index is 2.53. The van der Waals surface area contributed by atoms with Crippen LogP contribution in [0.1, 0.15) is 46.5 Å². The van der Waals surface area contributed by atoms with Gasteiger partial charge in [-0.3, -0.25) is 10.1 Å². The van der Waals surface area contributed by atoms with Crippen molar-refractivity contribution in [2.24, 2.45) is 5.92 Å². The molecule has 3 nitrogen and oxygen atoms in total. The van der Waals surface area contributed by atoms with E-state index in [2.05, 4.69) is 5.32 Å². The van der Waals surface area contributed by atoms with Crippen LogP contribution in [0.4, 0.5) is 13.2 Å². The molecular weight excluding hydrogens is 257 g/mol. The van der Waals surface area contributed by atoms with Crippen LogP contribution in [-0.2, 0) is 4.79 Å². The lowest BCUT2D eigenvalue weighted by molar-refractivity contribution is -0.140. The van der Waals surface area contributed by atoms with E-state index >= 15 is 0 Å². The lowest BCUT2D eigenvalue weighted by Gasteiger charge is -2.23. The molecule has 1 amide bonds. The van der Waals surface area contributed by atoms with Gasteiger partial charge in [0.05, 0.1) is 12.2 Å². The van der Waals surface area contributed by atoms with E-state index < -0.39 is 12.6 Å². The first-order chi connectivity index (χ1) is 8.74. The second-order valence-electron chi connectivity index (χ2n) is 5.52. The van der Waals surface area contributed by atoms with Crippen LogP contribution in [0.5, 0.6) is 0 Å². The number of rotatable bonds is 6. The maximum absolute atomic E-state index is 12.1. The second kappa shape index (κ2) is 6.59. The SMILES string of the molecule is CCC1NC(CC(C)C)C(=O)N1CCCC(F)(F)F. The molecule has 2 atom stereocenters. The summed E-state index contributed by atoms with van der Waals surface area (Å²) in [5.41, 5.74) is 0. The molecular formula is C13H23F3N2O. The molecule has 112 valence electrons. The topological polar surface area (TPSA) is 32.3 Å². The van der Waals surface area contributed by atoms with E-state index in [4.69, 9.17) is 0 Å². The van der Waals surface area contributed by atoms with E-state index in [0.717, 1.165) is 6.42 Å². The van der Waals surface area contributed by atoms with Crippen molar-refractivity contribution in [3.63, 3.8) is 0 Å². The minimum Gasteiger partial charge on any atom is -0.326 e. The van der Waals surface area contributed by atoms with Gasteiger partial charge in [0.1, 0.15) is 0 Å². The average Bonchev–Trinajstić information content (AvgIpc) is 2.55. The van der Waals surface area contributed by atoms with Crippen molar-refractivity contribution in [3.8, 4) is 0 Å². The van der Waals surface area contributed by atoms with E-state index in [0.29, 0.717) is 12.3 Å². The van der Waals surface area contributed by atoms with Gasteiger partial charge in [0.25, 0.3) is 0 Å². The van der Waals surface area contributed by atoms with Crippen LogP contribution < -0.4 is 5.32 Å². The molecule has 1 rings (SSSR count). The molecule has 0 aromatic carbocycles. The lowest BCUT2D eigenvalue weighted by atomic mass is 10.0. The monoisotopic (exact) mass is 280 g/mol. The zero-order chi connectivity index (χ0) is 14.6. The fourth-order valence-corrected chi connectivity index (χ4v) is 2.44. The molecule has 0 aromatic heterocycles. The molecule has 2 unspecified atom stereocenters. The van der Waals surface area contributed by atoms with Crippen LogP contribution in [0.25, 0.3) is 0 Å². The molecule has 0 radical (unpaired) electrons. The summed E-state index contributed by atoms with van der Waals surface area (Å²) >= 11 is 0. The molecule has 0 aliphatic carbocycles. The van der Waals surface area contributed by atoms with Crippen molar-refractivity contribution in [3.05, 3.63) is 0 Å². The molecule has 1 saturated heterocycles. The largest absolute Gasteiger partial charge is 0.389 e. The van der Waals surface area contributed by atoms with Crippen molar-refractivity contribution < 1.29 is 18.0 Å². The number of halogens is 3. The zero-order valence-corrected chi connectivity index (χ0v) is 11.8. The number of hydrogen-bond donors (Lipinski definition) is 1. The summed E-state index contributed by atoms with van der Waals surface area (Å²) in [5, 5.41) is 3.21. The Bertz CT molecular complexity index is 305. The highest BCUT2D eigenvalue weighted by molar-refractivity contribution is 5.84. The Hall–Kier alpha value is -0.780. The van der Waals surface area contributed by atoms with Gasteiger partial charge in [0.15, 0.2) is 0 Å². The van der Waals surface area contributed by atoms with Crippen LogP contribution in [0.2, 0.25) is 0 Å². The molecule has 1 N–H and O–H groups in total. The first-order valence-electron chi connectivity index (χ1n) is 6.88. The number of nitrogens with zero attached hydrogens (tertiary/aromatic N) is 1. The Morgan fingerprint density at radius 1 is 1.37 bits per heavy atom. The maximum atomic E-state index is 12.1. The predicted molar refractivity (Wildman–Crippen MR) is 67.5 cm³/mol. The van der Waals surface area contributed by atoms with Gasteiger partial charge in [-0.15, -0.1) is 0 Å². The molecule has 1 aliphatic rings. The van der Waals surface area contributed by atoms with Gasteiger partial charge in [0.2, 0.25) is 5.91 Å². The quantitative estimate of drug-likeness (QED) is 0.811. The number of nitrogens with one attached hydrogen (secondary N) is 1. The number of hydrogen-bond acceptors (Lipinski definition) is 2. The standard InChI is InChI=1S/C13H23F3N2O/c1-4-11-17-10(8-9(2)3)12(19)18(11)7-5-6-13(14,15)16/h9-11,17H,4-8H2,1-3H3. The van der Waals surface area contributed by atoms with Crippen molar-refractivity contribution in [2.45, 2.75) is 64.8 Å². The van der Waals surface area contributed by atoms with Gasteiger partial charge in [0, 0.05) is 13.0 Å². The van der Waals surface area contributed by atoms with Gasteiger partial charge in [-0.1, -0.05) is 20.8 Å². The van der Waals surface area contributed by atoms with Crippen LogP contribution >= 0.6 is 0 Å². The number of alkyl halides is 3. The third-order valence-corrected chi connectivity index (χ3v) is 3.30. The third-order valence-electron chi connectivity index (χ3n) is 3.30. The molecule has 19 heavy (non-hydrogen) atoms. The van der Waals surface area contributed by atoms with E-state index in [1.807, 2.05) is 20.8 Å². The molecule has 0 saturated carbocycles. The molecule has 0 aromatic rings. The van der Waals surface area contributed by atoms with Crippen molar-refractivity contribution in [2.75, 3.05) is 6.54 Å². The fraction of sp³-hybridized carbons (Fsp3) is 0.923. The molecule has 1 aliphatic heterocycles. The number of carbonyl (C=O) groups is 1. The van der Waals surface area contributed by atoms with E-state index in [1.54, 1.807) is 4.90 Å². The van der Waals surface area contributed by atoms with Crippen LogP contribution in [0.15, 0.2) is 0 Å².